The first-order valence-electron chi connectivity index (χ1n) is 6.93. The predicted molar refractivity (Wildman–Crippen MR) is 78.0 cm³/mol. The van der Waals surface area contributed by atoms with Crippen molar-refractivity contribution in [3.05, 3.63) is 59.7 Å². The van der Waals surface area contributed by atoms with Gasteiger partial charge in [-0.15, -0.1) is 0 Å². The van der Waals surface area contributed by atoms with Gasteiger partial charge >= 0.3 is 0 Å². The summed E-state index contributed by atoms with van der Waals surface area (Å²) >= 11 is 0. The van der Waals surface area contributed by atoms with E-state index in [1.54, 1.807) is 12.5 Å². The van der Waals surface area contributed by atoms with Crippen LogP contribution < -0.4 is 5.32 Å². The Kier molecular flexibility index (Phi) is 5.04. The number of hydrogen-bond acceptors (Lipinski definition) is 3. The molecule has 0 radical (unpaired) electrons. The van der Waals surface area contributed by atoms with Crippen molar-refractivity contribution < 1.29 is 0 Å². The van der Waals surface area contributed by atoms with Gasteiger partial charge in [0.25, 0.3) is 0 Å². The van der Waals surface area contributed by atoms with Crippen LogP contribution in [0, 0.1) is 0 Å². The van der Waals surface area contributed by atoms with E-state index >= 15 is 0 Å². The molecule has 19 heavy (non-hydrogen) atoms. The molecule has 0 saturated carbocycles. The lowest BCUT2D eigenvalue weighted by molar-refractivity contribution is 0.613. The molecule has 0 bridgehead atoms. The third kappa shape index (κ3) is 3.61. The Morgan fingerprint density at radius 2 is 1.89 bits per heavy atom. The van der Waals surface area contributed by atoms with Gasteiger partial charge in [0.1, 0.15) is 6.33 Å². The summed E-state index contributed by atoms with van der Waals surface area (Å²) in [6, 6.07) is 10.9. The molecule has 0 aliphatic rings. The molecule has 2 rings (SSSR count). The van der Waals surface area contributed by atoms with Crippen molar-refractivity contribution in [2.45, 2.75) is 32.7 Å². The maximum atomic E-state index is 4.36. The molecule has 0 spiro atoms. The Morgan fingerprint density at radius 3 is 2.47 bits per heavy atom. The zero-order valence-electron chi connectivity index (χ0n) is 11.6. The van der Waals surface area contributed by atoms with Gasteiger partial charge < -0.3 is 5.32 Å². The summed E-state index contributed by atoms with van der Waals surface area (Å²) in [6.45, 7) is 5.22. The fourth-order valence-electron chi connectivity index (χ4n) is 2.23. The van der Waals surface area contributed by atoms with Crippen molar-refractivity contribution in [2.75, 3.05) is 6.54 Å². The van der Waals surface area contributed by atoms with E-state index in [0.717, 1.165) is 18.7 Å². The standard InChI is InChI=1S/C16H21N3/c1-3-5-13-6-8-14(9-7-13)16(18-4-2)15-10-11-17-12-19-15/h6-12,16,18H,3-5H2,1-2H3. The van der Waals surface area contributed by atoms with Crippen LogP contribution in [0.25, 0.3) is 0 Å². The van der Waals surface area contributed by atoms with Crippen LogP contribution in [0.1, 0.15) is 43.1 Å². The largest absolute Gasteiger partial charge is 0.305 e. The minimum Gasteiger partial charge on any atom is -0.305 e. The van der Waals surface area contributed by atoms with E-state index in [4.69, 9.17) is 0 Å². The van der Waals surface area contributed by atoms with Crippen LogP contribution in [-0.2, 0) is 6.42 Å². The monoisotopic (exact) mass is 255 g/mol. The van der Waals surface area contributed by atoms with Crippen LogP contribution in [0.2, 0.25) is 0 Å². The minimum atomic E-state index is 0.142. The second-order valence-corrected chi connectivity index (χ2v) is 4.62. The lowest BCUT2D eigenvalue weighted by Gasteiger charge is -2.18. The second-order valence-electron chi connectivity index (χ2n) is 4.62. The molecule has 100 valence electrons. The topological polar surface area (TPSA) is 37.8 Å². The van der Waals surface area contributed by atoms with E-state index in [-0.39, 0.29) is 6.04 Å². The fraction of sp³-hybridized carbons (Fsp3) is 0.375. The summed E-state index contributed by atoms with van der Waals surface area (Å²) in [6.07, 6.45) is 5.71. The fourth-order valence-corrected chi connectivity index (χ4v) is 2.23. The quantitative estimate of drug-likeness (QED) is 0.861. The predicted octanol–water partition coefficient (Wildman–Crippen LogP) is 3.13. The molecule has 1 aromatic carbocycles. The van der Waals surface area contributed by atoms with Gasteiger partial charge in [-0.1, -0.05) is 44.5 Å². The first kappa shape index (κ1) is 13.7. The Bertz CT molecular complexity index is 479. The minimum absolute atomic E-state index is 0.142. The molecule has 1 unspecified atom stereocenters. The molecule has 0 fully saturated rings. The van der Waals surface area contributed by atoms with Gasteiger partial charge in [0.2, 0.25) is 0 Å². The zero-order valence-corrected chi connectivity index (χ0v) is 11.6. The van der Waals surface area contributed by atoms with Crippen LogP contribution in [0.15, 0.2) is 42.9 Å². The third-order valence-electron chi connectivity index (χ3n) is 3.16. The van der Waals surface area contributed by atoms with Crippen LogP contribution >= 0.6 is 0 Å². The molecule has 3 heteroatoms. The highest BCUT2D eigenvalue weighted by Gasteiger charge is 2.13. The van der Waals surface area contributed by atoms with Gasteiger partial charge in [-0.3, -0.25) is 0 Å². The number of hydrogen-bond donors (Lipinski definition) is 1. The highest BCUT2D eigenvalue weighted by molar-refractivity contribution is 5.30. The Morgan fingerprint density at radius 1 is 1.11 bits per heavy atom. The molecule has 1 heterocycles. The molecular formula is C16H21N3. The molecular weight excluding hydrogens is 234 g/mol. The average Bonchev–Trinajstić information content (AvgIpc) is 2.47. The molecule has 2 aromatic rings. The first-order valence-corrected chi connectivity index (χ1v) is 6.93. The van der Waals surface area contributed by atoms with E-state index in [9.17, 15) is 0 Å². The highest BCUT2D eigenvalue weighted by Crippen LogP contribution is 2.20. The Hall–Kier alpha value is -1.74. The molecule has 3 nitrogen and oxygen atoms in total. The molecule has 0 aliphatic heterocycles. The number of aromatic nitrogens is 2. The van der Waals surface area contributed by atoms with Crippen molar-refractivity contribution in [3.8, 4) is 0 Å². The number of nitrogens with one attached hydrogen (secondary N) is 1. The lowest BCUT2D eigenvalue weighted by Crippen LogP contribution is -2.22. The molecule has 0 aliphatic carbocycles. The van der Waals surface area contributed by atoms with Gasteiger partial charge in [-0.2, -0.15) is 0 Å². The SMILES string of the molecule is CCCc1ccc(C(NCC)c2ccncn2)cc1. The van der Waals surface area contributed by atoms with E-state index in [1.165, 1.54) is 17.5 Å². The molecule has 1 N–H and O–H groups in total. The summed E-state index contributed by atoms with van der Waals surface area (Å²) in [5.74, 6) is 0. The van der Waals surface area contributed by atoms with E-state index in [1.807, 2.05) is 6.07 Å². The van der Waals surface area contributed by atoms with Gasteiger partial charge in [0.15, 0.2) is 0 Å². The smallest absolute Gasteiger partial charge is 0.115 e. The first-order chi connectivity index (χ1) is 9.35. The van der Waals surface area contributed by atoms with E-state index in [0.29, 0.717) is 0 Å². The molecule has 0 amide bonds. The normalized spacial score (nSPS) is 12.3. The van der Waals surface area contributed by atoms with Gasteiger partial charge in [0.05, 0.1) is 11.7 Å². The maximum Gasteiger partial charge on any atom is 0.115 e. The van der Waals surface area contributed by atoms with Crippen molar-refractivity contribution >= 4 is 0 Å². The van der Waals surface area contributed by atoms with E-state index < -0.39 is 0 Å². The zero-order chi connectivity index (χ0) is 13.5. The third-order valence-corrected chi connectivity index (χ3v) is 3.16. The number of aryl methyl sites for hydroxylation is 1. The van der Waals surface area contributed by atoms with Crippen LogP contribution in [0.4, 0.5) is 0 Å². The second kappa shape index (κ2) is 7.00. The summed E-state index contributed by atoms with van der Waals surface area (Å²) in [5, 5.41) is 3.48. The molecule has 1 aromatic heterocycles. The summed E-state index contributed by atoms with van der Waals surface area (Å²) in [4.78, 5) is 8.34. The number of benzene rings is 1. The summed E-state index contributed by atoms with van der Waals surface area (Å²) < 4.78 is 0. The molecule has 1 atom stereocenters. The summed E-state index contributed by atoms with van der Waals surface area (Å²) in [5.41, 5.74) is 3.66. The lowest BCUT2D eigenvalue weighted by atomic mass is 10.0. The summed E-state index contributed by atoms with van der Waals surface area (Å²) in [7, 11) is 0. The number of rotatable bonds is 6. The van der Waals surface area contributed by atoms with Crippen molar-refractivity contribution in [2.24, 2.45) is 0 Å². The van der Waals surface area contributed by atoms with Crippen molar-refractivity contribution in [1.29, 1.82) is 0 Å². The van der Waals surface area contributed by atoms with Gasteiger partial charge in [-0.05, 0) is 30.2 Å². The maximum absolute atomic E-state index is 4.36. The number of nitrogens with zero attached hydrogens (tertiary/aromatic N) is 2. The molecule has 0 saturated heterocycles. The Balaban J connectivity index is 2.24. The van der Waals surface area contributed by atoms with Gasteiger partial charge in [0, 0.05) is 6.20 Å². The van der Waals surface area contributed by atoms with Crippen molar-refractivity contribution in [1.82, 2.24) is 15.3 Å². The Labute approximate surface area is 115 Å². The highest BCUT2D eigenvalue weighted by atomic mass is 14.9. The van der Waals surface area contributed by atoms with E-state index in [2.05, 4.69) is 53.4 Å². The van der Waals surface area contributed by atoms with Gasteiger partial charge in [-0.25, -0.2) is 9.97 Å². The van der Waals surface area contributed by atoms with Crippen LogP contribution in [0.3, 0.4) is 0 Å². The van der Waals surface area contributed by atoms with Crippen molar-refractivity contribution in [3.63, 3.8) is 0 Å². The average molecular weight is 255 g/mol. The van der Waals surface area contributed by atoms with Crippen LogP contribution in [-0.4, -0.2) is 16.5 Å². The van der Waals surface area contributed by atoms with Crippen LogP contribution in [0.5, 0.6) is 0 Å².